The lowest BCUT2D eigenvalue weighted by molar-refractivity contribution is -0.0227. The number of ether oxygens (including phenoxy) is 2. The van der Waals surface area contributed by atoms with E-state index in [0.717, 1.165) is 32.1 Å². The molecule has 3 aliphatic rings. The highest BCUT2D eigenvalue weighted by molar-refractivity contribution is 6.39. The largest absolute Gasteiger partial charge is 0.458 e. The standard InChI is InChI=1S/C26H30Cl2N2O5/c1-26(2,3)34-25(32)30-15-10-11-16(30)13-17(12-15)33-24(31)21-22(20-18(27)8-5-9-19(20)28)29-35-23(21)14-6-4-7-14/h5,8-9,14-17H,4,6-7,10-13H2,1-3H3/t15-,16?,17+/m0/s1. The highest BCUT2D eigenvalue weighted by Crippen LogP contribution is 2.44. The van der Waals surface area contributed by atoms with Crippen molar-refractivity contribution in [3.05, 3.63) is 39.6 Å². The molecule has 3 heterocycles. The van der Waals surface area contributed by atoms with Gasteiger partial charge in [-0.15, -0.1) is 0 Å². The quantitative estimate of drug-likeness (QED) is 0.403. The SMILES string of the molecule is CC(C)(C)OC(=O)N1C2CC[C@H]1C[C@@H](OC(=O)c1c(-c3c(Cl)cccc3Cl)noc1C1CCC1)C2. The van der Waals surface area contributed by atoms with Crippen LogP contribution >= 0.6 is 23.2 Å². The molecule has 1 unspecified atom stereocenters. The van der Waals surface area contributed by atoms with Gasteiger partial charge in [0.2, 0.25) is 0 Å². The molecular formula is C26H30Cl2N2O5. The summed E-state index contributed by atoms with van der Waals surface area (Å²) in [6.45, 7) is 5.59. The highest BCUT2D eigenvalue weighted by atomic mass is 35.5. The predicted molar refractivity (Wildman–Crippen MR) is 132 cm³/mol. The fraction of sp³-hybridized carbons (Fsp3) is 0.577. The van der Waals surface area contributed by atoms with Crippen LogP contribution < -0.4 is 0 Å². The van der Waals surface area contributed by atoms with Gasteiger partial charge in [-0.2, -0.15) is 0 Å². The normalized spacial score (nSPS) is 24.3. The van der Waals surface area contributed by atoms with Crippen LogP contribution in [0.25, 0.3) is 11.3 Å². The molecule has 0 spiro atoms. The van der Waals surface area contributed by atoms with E-state index in [-0.39, 0.29) is 30.2 Å². The Kier molecular flexibility index (Phi) is 6.51. The lowest BCUT2D eigenvalue weighted by atomic mass is 9.81. The Bertz CT molecular complexity index is 1100. The second kappa shape index (κ2) is 9.32. The molecule has 1 aromatic heterocycles. The number of amides is 1. The van der Waals surface area contributed by atoms with Gasteiger partial charge in [-0.05, 0) is 58.6 Å². The van der Waals surface area contributed by atoms with Crippen molar-refractivity contribution in [2.75, 3.05) is 0 Å². The summed E-state index contributed by atoms with van der Waals surface area (Å²) in [6, 6.07) is 5.15. The van der Waals surface area contributed by atoms with Crippen LogP contribution in [0.15, 0.2) is 22.7 Å². The van der Waals surface area contributed by atoms with Gasteiger partial charge in [-0.25, -0.2) is 9.59 Å². The zero-order chi connectivity index (χ0) is 24.9. The van der Waals surface area contributed by atoms with Crippen LogP contribution in [0.2, 0.25) is 10.0 Å². The number of hydrogen-bond donors (Lipinski definition) is 0. The number of rotatable bonds is 4. The molecule has 35 heavy (non-hydrogen) atoms. The van der Waals surface area contributed by atoms with Crippen LogP contribution in [-0.4, -0.2) is 45.9 Å². The molecule has 1 aromatic carbocycles. The van der Waals surface area contributed by atoms with Crippen molar-refractivity contribution in [2.24, 2.45) is 0 Å². The van der Waals surface area contributed by atoms with Gasteiger partial charge in [0.05, 0.1) is 10.0 Å². The zero-order valence-electron chi connectivity index (χ0n) is 20.2. The third-order valence-corrected chi connectivity index (χ3v) is 7.80. The Balaban J connectivity index is 1.37. The van der Waals surface area contributed by atoms with Gasteiger partial charge in [-0.1, -0.05) is 40.8 Å². The molecule has 3 fully saturated rings. The summed E-state index contributed by atoms with van der Waals surface area (Å²) in [5, 5.41) is 5.01. The average molecular weight is 521 g/mol. The van der Waals surface area contributed by atoms with E-state index in [9.17, 15) is 9.59 Å². The molecule has 0 radical (unpaired) electrons. The molecule has 1 amide bonds. The monoisotopic (exact) mass is 520 g/mol. The number of nitrogens with zero attached hydrogens (tertiary/aromatic N) is 2. The van der Waals surface area contributed by atoms with Crippen molar-refractivity contribution in [1.82, 2.24) is 10.1 Å². The molecule has 1 aliphatic carbocycles. The van der Waals surface area contributed by atoms with E-state index < -0.39 is 11.6 Å². The first-order valence-corrected chi connectivity index (χ1v) is 13.0. The van der Waals surface area contributed by atoms with E-state index in [0.29, 0.717) is 45.5 Å². The van der Waals surface area contributed by atoms with Gasteiger partial charge in [0.1, 0.15) is 23.0 Å². The maximum absolute atomic E-state index is 13.6. The van der Waals surface area contributed by atoms with Crippen molar-refractivity contribution in [1.29, 1.82) is 0 Å². The second-order valence-electron chi connectivity index (χ2n) is 10.8. The summed E-state index contributed by atoms with van der Waals surface area (Å²) in [4.78, 5) is 28.2. The predicted octanol–water partition coefficient (Wildman–Crippen LogP) is 7.00. The topological polar surface area (TPSA) is 81.9 Å². The third-order valence-electron chi connectivity index (χ3n) is 7.17. The Morgan fingerprint density at radius 2 is 1.69 bits per heavy atom. The van der Waals surface area contributed by atoms with Crippen LogP contribution in [0.3, 0.4) is 0 Å². The minimum atomic E-state index is -0.553. The van der Waals surface area contributed by atoms with E-state index in [2.05, 4.69) is 5.16 Å². The number of benzene rings is 1. The maximum Gasteiger partial charge on any atom is 0.410 e. The molecule has 1 saturated carbocycles. The molecule has 2 saturated heterocycles. The smallest absolute Gasteiger partial charge is 0.410 e. The fourth-order valence-electron chi connectivity index (χ4n) is 5.39. The van der Waals surface area contributed by atoms with Crippen LogP contribution in [-0.2, 0) is 9.47 Å². The summed E-state index contributed by atoms with van der Waals surface area (Å²) in [5.74, 6) is 0.195. The van der Waals surface area contributed by atoms with Gasteiger partial charge >= 0.3 is 12.1 Å². The van der Waals surface area contributed by atoms with E-state index in [1.165, 1.54) is 0 Å². The van der Waals surface area contributed by atoms with Crippen molar-refractivity contribution >= 4 is 35.3 Å². The average Bonchev–Trinajstić information content (AvgIpc) is 3.24. The molecule has 2 aromatic rings. The molecule has 2 aliphatic heterocycles. The summed E-state index contributed by atoms with van der Waals surface area (Å²) in [6.07, 6.45) is 5.25. The first-order chi connectivity index (χ1) is 16.6. The summed E-state index contributed by atoms with van der Waals surface area (Å²) < 4.78 is 17.3. The van der Waals surface area contributed by atoms with E-state index in [1.807, 2.05) is 25.7 Å². The minimum absolute atomic E-state index is 0.00698. The van der Waals surface area contributed by atoms with Crippen molar-refractivity contribution in [3.63, 3.8) is 0 Å². The van der Waals surface area contributed by atoms with Gasteiger partial charge in [0, 0.05) is 36.4 Å². The Morgan fingerprint density at radius 1 is 1.06 bits per heavy atom. The number of carbonyl (C=O) groups excluding carboxylic acids is 2. The van der Waals surface area contributed by atoms with Crippen LogP contribution in [0.4, 0.5) is 4.79 Å². The molecule has 9 heteroatoms. The third kappa shape index (κ3) is 4.77. The summed E-state index contributed by atoms with van der Waals surface area (Å²) in [7, 11) is 0. The van der Waals surface area contributed by atoms with Crippen molar-refractivity contribution in [3.8, 4) is 11.3 Å². The Morgan fingerprint density at radius 3 is 2.23 bits per heavy atom. The maximum atomic E-state index is 13.6. The van der Waals surface area contributed by atoms with Gasteiger partial charge < -0.3 is 18.9 Å². The van der Waals surface area contributed by atoms with Crippen molar-refractivity contribution in [2.45, 2.75) is 95.4 Å². The Labute approximate surface area is 215 Å². The lowest BCUT2D eigenvalue weighted by Crippen LogP contribution is -2.50. The van der Waals surface area contributed by atoms with Gasteiger partial charge in [0.15, 0.2) is 5.76 Å². The van der Waals surface area contributed by atoms with Gasteiger partial charge in [-0.3, -0.25) is 0 Å². The number of piperidine rings is 1. The first-order valence-electron chi connectivity index (χ1n) is 12.3. The van der Waals surface area contributed by atoms with Crippen molar-refractivity contribution < 1.29 is 23.6 Å². The van der Waals surface area contributed by atoms with E-state index >= 15 is 0 Å². The molecule has 3 atom stereocenters. The molecule has 188 valence electrons. The Hall–Kier alpha value is -2.25. The molecule has 2 bridgehead atoms. The number of fused-ring (bicyclic) bond motifs is 2. The van der Waals surface area contributed by atoms with Gasteiger partial charge in [0.25, 0.3) is 0 Å². The molecular weight excluding hydrogens is 491 g/mol. The summed E-state index contributed by atoms with van der Waals surface area (Å²) >= 11 is 12.9. The van der Waals surface area contributed by atoms with Crippen LogP contribution in [0.1, 0.15) is 87.8 Å². The second-order valence-corrected chi connectivity index (χ2v) is 11.6. The number of hydrogen-bond acceptors (Lipinski definition) is 6. The number of carbonyl (C=O) groups is 2. The molecule has 5 rings (SSSR count). The minimum Gasteiger partial charge on any atom is -0.458 e. The lowest BCUT2D eigenvalue weighted by Gasteiger charge is -2.39. The molecule has 0 N–H and O–H groups in total. The number of aromatic nitrogens is 1. The van der Waals surface area contributed by atoms with E-state index in [1.54, 1.807) is 18.2 Å². The van der Waals surface area contributed by atoms with E-state index in [4.69, 9.17) is 37.2 Å². The first kappa shape index (κ1) is 24.4. The zero-order valence-corrected chi connectivity index (χ0v) is 21.7. The number of esters is 1. The highest BCUT2D eigenvalue weighted by Gasteiger charge is 2.46. The molecule has 7 nitrogen and oxygen atoms in total. The summed E-state index contributed by atoms with van der Waals surface area (Å²) in [5.41, 5.74) is 0.549. The van der Waals surface area contributed by atoms with Crippen LogP contribution in [0, 0.1) is 0 Å². The van der Waals surface area contributed by atoms with Crippen LogP contribution in [0.5, 0.6) is 0 Å². The number of halogens is 2. The fourth-order valence-corrected chi connectivity index (χ4v) is 5.97.